The number of rotatable bonds is 6. The lowest BCUT2D eigenvalue weighted by atomic mass is 9.67. The predicted molar refractivity (Wildman–Crippen MR) is 94.4 cm³/mol. The minimum absolute atomic E-state index is 0. The van der Waals surface area contributed by atoms with E-state index in [2.05, 4.69) is 5.32 Å². The summed E-state index contributed by atoms with van der Waals surface area (Å²) in [4.78, 5) is 26.0. The van der Waals surface area contributed by atoms with Crippen molar-refractivity contribution in [3.63, 3.8) is 0 Å². The third-order valence-corrected chi connectivity index (χ3v) is 5.39. The van der Waals surface area contributed by atoms with Crippen molar-refractivity contribution in [2.24, 2.45) is 17.6 Å². The number of nitrogens with one attached hydrogen (secondary N) is 1. The highest BCUT2D eigenvalue weighted by atomic mass is 35.5. The van der Waals surface area contributed by atoms with E-state index in [1.54, 1.807) is 4.90 Å². The Morgan fingerprint density at radius 3 is 2.17 bits per heavy atom. The predicted octanol–water partition coefficient (Wildman–Crippen LogP) is 2.08. The van der Waals surface area contributed by atoms with Gasteiger partial charge in [-0.25, -0.2) is 0 Å². The molecular formula is C17H32ClN3O2. The monoisotopic (exact) mass is 345 g/mol. The molecule has 2 saturated carbocycles. The molecule has 2 fully saturated rings. The van der Waals surface area contributed by atoms with Gasteiger partial charge in [-0.1, -0.05) is 6.42 Å². The van der Waals surface area contributed by atoms with Gasteiger partial charge in [-0.3, -0.25) is 9.59 Å². The quantitative estimate of drug-likeness (QED) is 0.773. The average Bonchev–Trinajstić information content (AvgIpc) is 2.47. The Morgan fingerprint density at radius 1 is 1.09 bits per heavy atom. The van der Waals surface area contributed by atoms with Crippen LogP contribution in [0.5, 0.6) is 0 Å². The Bertz CT molecular complexity index is 387. The molecule has 0 heterocycles. The number of amides is 2. The van der Waals surface area contributed by atoms with Crippen LogP contribution in [0.25, 0.3) is 0 Å². The molecule has 2 unspecified atom stereocenters. The van der Waals surface area contributed by atoms with Gasteiger partial charge in [0.2, 0.25) is 11.8 Å². The summed E-state index contributed by atoms with van der Waals surface area (Å²) in [5.41, 5.74) is 6.12. The third kappa shape index (κ3) is 5.35. The average molecular weight is 346 g/mol. The molecule has 2 aliphatic rings. The van der Waals surface area contributed by atoms with Gasteiger partial charge in [0.05, 0.1) is 0 Å². The van der Waals surface area contributed by atoms with Gasteiger partial charge in [0.15, 0.2) is 0 Å². The first kappa shape index (κ1) is 20.2. The van der Waals surface area contributed by atoms with Crippen LogP contribution in [0.3, 0.4) is 0 Å². The topological polar surface area (TPSA) is 75.4 Å². The molecule has 0 spiro atoms. The molecule has 0 radical (unpaired) electrons. The fraction of sp³-hybridized carbons (Fsp3) is 0.882. The van der Waals surface area contributed by atoms with Gasteiger partial charge in [0.25, 0.3) is 0 Å². The summed E-state index contributed by atoms with van der Waals surface area (Å²) in [6.07, 6.45) is 6.28. The van der Waals surface area contributed by atoms with Gasteiger partial charge < -0.3 is 16.0 Å². The minimum Gasteiger partial charge on any atom is -0.353 e. The van der Waals surface area contributed by atoms with E-state index >= 15 is 0 Å². The standard InChI is InChI=1S/C17H31N3O2.ClH/c1-3-20(4-2)16(22)9-8-15(21)19-17-12-6-5-7-13(17)11-14(18)10-12;/h12-14,17H,3-11,18H2,1-2H3,(H,19,21);1H. The highest BCUT2D eigenvalue weighted by Crippen LogP contribution is 2.39. The van der Waals surface area contributed by atoms with Crippen LogP contribution in [0.1, 0.15) is 58.8 Å². The highest BCUT2D eigenvalue weighted by Gasteiger charge is 2.39. The van der Waals surface area contributed by atoms with E-state index in [1.165, 1.54) is 19.3 Å². The fourth-order valence-corrected chi connectivity index (χ4v) is 4.24. The Balaban J connectivity index is 0.00000264. The molecule has 2 atom stereocenters. The molecule has 0 aliphatic heterocycles. The summed E-state index contributed by atoms with van der Waals surface area (Å²) in [5.74, 6) is 1.17. The second-order valence-corrected chi connectivity index (χ2v) is 6.84. The molecule has 0 aromatic rings. The molecule has 2 bridgehead atoms. The maximum atomic E-state index is 12.2. The number of fused-ring (bicyclic) bond motifs is 2. The summed E-state index contributed by atoms with van der Waals surface area (Å²) in [6, 6.07) is 0.581. The van der Waals surface area contributed by atoms with Crippen molar-refractivity contribution in [3.05, 3.63) is 0 Å². The summed E-state index contributed by atoms with van der Waals surface area (Å²) in [7, 11) is 0. The molecule has 2 amide bonds. The molecule has 0 saturated heterocycles. The Hall–Kier alpha value is -0.810. The Morgan fingerprint density at radius 2 is 1.65 bits per heavy atom. The van der Waals surface area contributed by atoms with Crippen molar-refractivity contribution in [2.45, 2.75) is 70.9 Å². The van der Waals surface area contributed by atoms with Crippen LogP contribution in [-0.2, 0) is 9.59 Å². The number of nitrogens with two attached hydrogens (primary N) is 1. The SMILES string of the molecule is CCN(CC)C(=O)CCC(=O)NC1C2CCCC1CC(N)C2.Cl. The van der Waals surface area contributed by atoms with E-state index in [9.17, 15) is 9.59 Å². The first-order valence-corrected chi connectivity index (χ1v) is 8.87. The van der Waals surface area contributed by atoms with Gasteiger partial charge >= 0.3 is 0 Å². The van der Waals surface area contributed by atoms with Gasteiger partial charge in [0.1, 0.15) is 0 Å². The summed E-state index contributed by atoms with van der Waals surface area (Å²) in [5, 5.41) is 3.21. The van der Waals surface area contributed by atoms with Crippen LogP contribution < -0.4 is 11.1 Å². The molecule has 0 aromatic carbocycles. The Kier molecular flexibility index (Phi) is 8.34. The van der Waals surface area contributed by atoms with Crippen LogP contribution in [0.4, 0.5) is 0 Å². The van der Waals surface area contributed by atoms with E-state index in [-0.39, 0.29) is 30.3 Å². The number of carbonyl (C=O) groups is 2. The zero-order chi connectivity index (χ0) is 16.1. The second kappa shape index (κ2) is 9.48. The lowest BCUT2D eigenvalue weighted by molar-refractivity contribution is -0.133. The normalized spacial score (nSPS) is 29.3. The number of carbonyl (C=O) groups excluding carboxylic acids is 2. The fourth-order valence-electron chi connectivity index (χ4n) is 4.24. The first-order chi connectivity index (χ1) is 10.5. The van der Waals surface area contributed by atoms with E-state index in [1.807, 2.05) is 13.8 Å². The molecule has 3 N–H and O–H groups in total. The van der Waals surface area contributed by atoms with Crippen LogP contribution in [0, 0.1) is 11.8 Å². The van der Waals surface area contributed by atoms with E-state index in [0.717, 1.165) is 12.8 Å². The molecule has 6 heteroatoms. The van der Waals surface area contributed by atoms with Crippen molar-refractivity contribution in [1.82, 2.24) is 10.2 Å². The molecular weight excluding hydrogens is 314 g/mol. The molecule has 134 valence electrons. The third-order valence-electron chi connectivity index (χ3n) is 5.39. The molecule has 0 aromatic heterocycles. The zero-order valence-electron chi connectivity index (χ0n) is 14.4. The summed E-state index contributed by atoms with van der Waals surface area (Å²) in [6.45, 7) is 5.35. The van der Waals surface area contributed by atoms with Crippen molar-refractivity contribution in [2.75, 3.05) is 13.1 Å². The second-order valence-electron chi connectivity index (χ2n) is 6.84. The van der Waals surface area contributed by atoms with Crippen LogP contribution in [0.15, 0.2) is 0 Å². The zero-order valence-corrected chi connectivity index (χ0v) is 15.2. The summed E-state index contributed by atoms with van der Waals surface area (Å²) < 4.78 is 0. The van der Waals surface area contributed by atoms with Gasteiger partial charge in [-0.2, -0.15) is 0 Å². The molecule has 5 nitrogen and oxygen atoms in total. The van der Waals surface area contributed by atoms with E-state index in [4.69, 9.17) is 5.73 Å². The van der Waals surface area contributed by atoms with Crippen molar-refractivity contribution in [3.8, 4) is 0 Å². The lowest BCUT2D eigenvalue weighted by Crippen LogP contribution is -2.53. The van der Waals surface area contributed by atoms with Crippen LogP contribution in [0.2, 0.25) is 0 Å². The number of halogens is 1. The molecule has 23 heavy (non-hydrogen) atoms. The summed E-state index contributed by atoms with van der Waals surface area (Å²) >= 11 is 0. The van der Waals surface area contributed by atoms with Gasteiger partial charge in [0, 0.05) is 38.0 Å². The van der Waals surface area contributed by atoms with Gasteiger partial charge in [-0.15, -0.1) is 12.4 Å². The maximum absolute atomic E-state index is 12.2. The lowest BCUT2D eigenvalue weighted by Gasteiger charge is -2.45. The van der Waals surface area contributed by atoms with Crippen LogP contribution >= 0.6 is 12.4 Å². The molecule has 2 rings (SSSR count). The van der Waals surface area contributed by atoms with Crippen LogP contribution in [-0.4, -0.2) is 41.9 Å². The van der Waals surface area contributed by atoms with E-state index in [0.29, 0.717) is 43.8 Å². The minimum atomic E-state index is 0. The number of hydrogen-bond donors (Lipinski definition) is 2. The Labute approximate surface area is 146 Å². The van der Waals surface area contributed by atoms with Crippen molar-refractivity contribution >= 4 is 24.2 Å². The van der Waals surface area contributed by atoms with E-state index < -0.39 is 0 Å². The highest BCUT2D eigenvalue weighted by molar-refractivity contribution is 5.85. The maximum Gasteiger partial charge on any atom is 0.223 e. The number of nitrogens with zero attached hydrogens (tertiary/aromatic N) is 1. The smallest absolute Gasteiger partial charge is 0.223 e. The largest absolute Gasteiger partial charge is 0.353 e. The van der Waals surface area contributed by atoms with Crippen molar-refractivity contribution < 1.29 is 9.59 Å². The van der Waals surface area contributed by atoms with Crippen molar-refractivity contribution in [1.29, 1.82) is 0 Å². The first-order valence-electron chi connectivity index (χ1n) is 8.87. The number of hydrogen-bond acceptors (Lipinski definition) is 3. The van der Waals surface area contributed by atoms with Gasteiger partial charge in [-0.05, 0) is 51.4 Å². The molecule has 2 aliphatic carbocycles.